The number of halogens is 1. The van der Waals surface area contributed by atoms with E-state index in [9.17, 15) is 9.18 Å². The number of hydroxylamine groups is 1. The van der Waals surface area contributed by atoms with Crippen molar-refractivity contribution in [2.24, 2.45) is 0 Å². The van der Waals surface area contributed by atoms with Crippen molar-refractivity contribution in [3.8, 4) is 5.75 Å². The minimum atomic E-state index is -0.682. The van der Waals surface area contributed by atoms with Gasteiger partial charge in [-0.15, -0.1) is 0 Å². The monoisotopic (exact) mass is 413 g/mol. The molecule has 3 aromatic rings. The van der Waals surface area contributed by atoms with Crippen LogP contribution in [-0.4, -0.2) is 41.4 Å². The van der Waals surface area contributed by atoms with Gasteiger partial charge in [0.25, 0.3) is 5.91 Å². The number of carbonyl (C=O) groups excluding carboxylic acids is 1. The van der Waals surface area contributed by atoms with E-state index in [-0.39, 0.29) is 17.3 Å². The number of amides is 1. The maximum Gasteiger partial charge on any atom is 0.274 e. The number of anilines is 4. The first-order valence-corrected chi connectivity index (χ1v) is 8.92. The Balaban J connectivity index is 1.70. The molecule has 0 saturated heterocycles. The SMILES string of the molecule is COCCOc1ccc(Nc2ncc(F)c(Nc3cccc(C(=O)NO)c3)n2)cc1. The fourth-order valence-corrected chi connectivity index (χ4v) is 2.46. The van der Waals surface area contributed by atoms with E-state index in [0.717, 1.165) is 6.20 Å². The molecule has 10 heteroatoms. The molecule has 0 unspecified atom stereocenters. The van der Waals surface area contributed by atoms with E-state index in [1.54, 1.807) is 49.0 Å². The van der Waals surface area contributed by atoms with Gasteiger partial charge in [-0.25, -0.2) is 14.9 Å². The Hall–Kier alpha value is -3.76. The van der Waals surface area contributed by atoms with Gasteiger partial charge in [0.2, 0.25) is 5.95 Å². The highest BCUT2D eigenvalue weighted by Crippen LogP contribution is 2.22. The molecule has 0 saturated carbocycles. The van der Waals surface area contributed by atoms with Crippen molar-refractivity contribution in [3.05, 3.63) is 66.1 Å². The number of aromatic nitrogens is 2. The summed E-state index contributed by atoms with van der Waals surface area (Å²) in [4.78, 5) is 19.6. The summed E-state index contributed by atoms with van der Waals surface area (Å²) in [6.45, 7) is 0.938. The lowest BCUT2D eigenvalue weighted by Gasteiger charge is -2.11. The number of carbonyl (C=O) groups is 1. The molecule has 0 radical (unpaired) electrons. The van der Waals surface area contributed by atoms with Gasteiger partial charge < -0.3 is 20.1 Å². The Kier molecular flexibility index (Phi) is 7.09. The van der Waals surface area contributed by atoms with Crippen molar-refractivity contribution < 1.29 is 23.9 Å². The second-order valence-corrected chi connectivity index (χ2v) is 6.03. The van der Waals surface area contributed by atoms with E-state index in [2.05, 4.69) is 20.6 Å². The van der Waals surface area contributed by atoms with Crippen LogP contribution in [0.25, 0.3) is 0 Å². The van der Waals surface area contributed by atoms with Crippen LogP contribution in [0.2, 0.25) is 0 Å². The quantitative estimate of drug-likeness (QED) is 0.240. The van der Waals surface area contributed by atoms with Crippen LogP contribution < -0.4 is 20.9 Å². The lowest BCUT2D eigenvalue weighted by atomic mass is 10.2. The molecule has 3 rings (SSSR count). The standard InChI is InChI=1S/C20H20FN5O4/c1-29-9-10-30-16-7-5-14(6-8-16)24-20-22-12-17(21)18(25-20)23-15-4-2-3-13(11-15)19(27)26-28/h2-8,11-12,28H,9-10H2,1H3,(H,26,27)(H2,22,23,24,25). The molecule has 0 spiro atoms. The number of methoxy groups -OCH3 is 1. The van der Waals surface area contributed by atoms with Gasteiger partial charge in [0.05, 0.1) is 12.8 Å². The molecule has 0 fully saturated rings. The van der Waals surface area contributed by atoms with Gasteiger partial charge in [0, 0.05) is 24.0 Å². The van der Waals surface area contributed by atoms with Crippen molar-refractivity contribution in [1.82, 2.24) is 15.4 Å². The van der Waals surface area contributed by atoms with Crippen molar-refractivity contribution >= 4 is 29.0 Å². The summed E-state index contributed by atoms with van der Waals surface area (Å²) in [7, 11) is 1.60. The molecule has 0 aliphatic rings. The van der Waals surface area contributed by atoms with Crippen LogP contribution in [0.4, 0.5) is 27.5 Å². The molecule has 1 heterocycles. The molecule has 0 atom stereocenters. The third kappa shape index (κ3) is 5.63. The van der Waals surface area contributed by atoms with Crippen LogP contribution in [0.3, 0.4) is 0 Å². The molecule has 0 bridgehead atoms. The minimum absolute atomic E-state index is 0.0754. The summed E-state index contributed by atoms with van der Waals surface area (Å²) in [5.74, 6) is -0.560. The third-order valence-corrected chi connectivity index (χ3v) is 3.90. The second kappa shape index (κ2) is 10.1. The first kappa shape index (κ1) is 21.0. The van der Waals surface area contributed by atoms with Gasteiger partial charge in [-0.3, -0.25) is 10.0 Å². The average molecular weight is 413 g/mol. The van der Waals surface area contributed by atoms with E-state index in [0.29, 0.717) is 30.3 Å². The van der Waals surface area contributed by atoms with E-state index in [1.165, 1.54) is 12.1 Å². The summed E-state index contributed by atoms with van der Waals surface area (Å²) in [5, 5.41) is 14.5. The van der Waals surface area contributed by atoms with Gasteiger partial charge in [0.1, 0.15) is 12.4 Å². The Labute approximate surface area is 171 Å². The van der Waals surface area contributed by atoms with Crippen molar-refractivity contribution in [1.29, 1.82) is 0 Å². The molecule has 2 aromatic carbocycles. The van der Waals surface area contributed by atoms with Crippen molar-refractivity contribution in [2.45, 2.75) is 0 Å². The van der Waals surface area contributed by atoms with Crippen LogP contribution in [-0.2, 0) is 4.74 Å². The van der Waals surface area contributed by atoms with E-state index in [4.69, 9.17) is 14.7 Å². The Morgan fingerprint density at radius 1 is 1.10 bits per heavy atom. The first-order chi connectivity index (χ1) is 14.6. The zero-order valence-electron chi connectivity index (χ0n) is 16.1. The van der Waals surface area contributed by atoms with Crippen LogP contribution in [0.1, 0.15) is 10.4 Å². The molecule has 156 valence electrons. The first-order valence-electron chi connectivity index (χ1n) is 8.92. The largest absolute Gasteiger partial charge is 0.491 e. The molecule has 4 N–H and O–H groups in total. The lowest BCUT2D eigenvalue weighted by molar-refractivity contribution is 0.0706. The lowest BCUT2D eigenvalue weighted by Crippen LogP contribution is -2.18. The zero-order chi connectivity index (χ0) is 21.3. The van der Waals surface area contributed by atoms with Crippen LogP contribution in [0.5, 0.6) is 5.75 Å². The Morgan fingerprint density at radius 2 is 1.90 bits per heavy atom. The molecule has 1 aromatic heterocycles. The summed E-state index contributed by atoms with van der Waals surface area (Å²) in [6.07, 6.45) is 1.03. The van der Waals surface area contributed by atoms with E-state index in [1.807, 2.05) is 0 Å². The minimum Gasteiger partial charge on any atom is -0.491 e. The normalized spacial score (nSPS) is 10.4. The number of nitrogens with zero attached hydrogens (tertiary/aromatic N) is 2. The van der Waals surface area contributed by atoms with E-state index >= 15 is 0 Å². The molecule has 9 nitrogen and oxygen atoms in total. The highest BCUT2D eigenvalue weighted by atomic mass is 19.1. The summed E-state index contributed by atoms with van der Waals surface area (Å²) < 4.78 is 24.6. The number of ether oxygens (including phenoxy) is 2. The number of rotatable bonds is 9. The number of benzene rings is 2. The maximum atomic E-state index is 14.2. The molecule has 30 heavy (non-hydrogen) atoms. The molecular formula is C20H20FN5O4. The molecule has 1 amide bonds. The third-order valence-electron chi connectivity index (χ3n) is 3.90. The topological polar surface area (TPSA) is 118 Å². The Bertz CT molecular complexity index is 1000. The second-order valence-electron chi connectivity index (χ2n) is 6.03. The van der Waals surface area contributed by atoms with Gasteiger partial charge >= 0.3 is 0 Å². The van der Waals surface area contributed by atoms with Gasteiger partial charge in [0.15, 0.2) is 11.6 Å². The average Bonchev–Trinajstić information content (AvgIpc) is 2.77. The summed E-state index contributed by atoms with van der Waals surface area (Å²) >= 11 is 0. The molecule has 0 aliphatic carbocycles. The van der Waals surface area contributed by atoms with Crippen molar-refractivity contribution in [2.75, 3.05) is 31.0 Å². The van der Waals surface area contributed by atoms with Gasteiger partial charge in [-0.1, -0.05) is 6.07 Å². The number of hydrogen-bond acceptors (Lipinski definition) is 8. The predicted molar refractivity (Wildman–Crippen MR) is 108 cm³/mol. The summed E-state index contributed by atoms with van der Waals surface area (Å²) in [5.41, 5.74) is 2.85. The fraction of sp³-hybridized carbons (Fsp3) is 0.150. The Morgan fingerprint density at radius 3 is 2.63 bits per heavy atom. The van der Waals surface area contributed by atoms with Gasteiger partial charge in [-0.2, -0.15) is 4.98 Å². The number of hydrogen-bond donors (Lipinski definition) is 4. The van der Waals surface area contributed by atoms with Crippen LogP contribution in [0, 0.1) is 5.82 Å². The predicted octanol–water partition coefficient (Wildman–Crippen LogP) is 3.25. The fourth-order valence-electron chi connectivity index (χ4n) is 2.46. The smallest absolute Gasteiger partial charge is 0.274 e. The summed E-state index contributed by atoms with van der Waals surface area (Å²) in [6, 6.07) is 13.3. The van der Waals surface area contributed by atoms with Crippen LogP contribution >= 0.6 is 0 Å². The van der Waals surface area contributed by atoms with Gasteiger partial charge in [-0.05, 0) is 42.5 Å². The molecular weight excluding hydrogens is 393 g/mol. The highest BCUT2D eigenvalue weighted by Gasteiger charge is 2.10. The zero-order valence-corrected chi connectivity index (χ0v) is 16.1. The number of nitrogens with one attached hydrogen (secondary N) is 3. The van der Waals surface area contributed by atoms with E-state index < -0.39 is 11.7 Å². The van der Waals surface area contributed by atoms with Crippen LogP contribution in [0.15, 0.2) is 54.7 Å². The molecule has 0 aliphatic heterocycles. The highest BCUT2D eigenvalue weighted by molar-refractivity contribution is 5.94. The maximum absolute atomic E-state index is 14.2. The van der Waals surface area contributed by atoms with Crippen molar-refractivity contribution in [3.63, 3.8) is 0 Å².